The number of esters is 1. The van der Waals surface area contributed by atoms with Crippen molar-refractivity contribution in [2.75, 3.05) is 27.1 Å². The van der Waals surface area contributed by atoms with Crippen molar-refractivity contribution in [1.29, 1.82) is 0 Å². The van der Waals surface area contributed by atoms with E-state index in [4.69, 9.17) is 20.6 Å². The average molecular weight is 306 g/mol. The smallest absolute Gasteiger partial charge is 0.325 e. The first-order valence-corrected chi connectivity index (χ1v) is 6.56. The van der Waals surface area contributed by atoms with Crippen LogP contribution in [0.3, 0.4) is 0 Å². The Bertz CT molecular complexity index is 592. The molecule has 0 unspecified atom stereocenters. The predicted molar refractivity (Wildman–Crippen MR) is 78.4 cm³/mol. The first-order valence-electron chi connectivity index (χ1n) is 6.56. The quantitative estimate of drug-likeness (QED) is 0.452. The highest BCUT2D eigenvalue weighted by Gasteiger charge is 2.19. The van der Waals surface area contributed by atoms with Crippen LogP contribution in [0.4, 0.5) is 0 Å². The van der Waals surface area contributed by atoms with Gasteiger partial charge in [-0.05, 0) is 13.8 Å². The van der Waals surface area contributed by atoms with Gasteiger partial charge in [0.1, 0.15) is 6.54 Å². The Hall–Kier alpha value is -2.59. The van der Waals surface area contributed by atoms with Gasteiger partial charge in [-0.2, -0.15) is 0 Å². The molecule has 0 bridgehead atoms. The molecule has 0 radical (unpaired) electrons. The second kappa shape index (κ2) is 8.64. The van der Waals surface area contributed by atoms with Gasteiger partial charge in [-0.15, -0.1) is 6.42 Å². The predicted octanol–water partition coefficient (Wildman–Crippen LogP) is 0.647. The Labute approximate surface area is 129 Å². The first-order chi connectivity index (χ1) is 10.5. The van der Waals surface area contributed by atoms with Crippen LogP contribution in [0.25, 0.3) is 0 Å². The lowest BCUT2D eigenvalue weighted by Gasteiger charge is -2.13. The van der Waals surface area contributed by atoms with E-state index in [-0.39, 0.29) is 31.4 Å². The summed E-state index contributed by atoms with van der Waals surface area (Å²) in [5.74, 6) is 1.58. The molecule has 1 aromatic heterocycles. The second-order valence-corrected chi connectivity index (χ2v) is 4.16. The summed E-state index contributed by atoms with van der Waals surface area (Å²) in [5, 5.41) is 2.42. The van der Waals surface area contributed by atoms with E-state index in [1.54, 1.807) is 13.8 Å². The molecule has 0 aromatic carbocycles. The molecule has 0 aliphatic carbocycles. The van der Waals surface area contributed by atoms with Gasteiger partial charge in [0.25, 0.3) is 5.91 Å². The second-order valence-electron chi connectivity index (χ2n) is 4.16. The molecule has 0 fully saturated rings. The van der Waals surface area contributed by atoms with Crippen LogP contribution in [0.5, 0.6) is 5.75 Å². The van der Waals surface area contributed by atoms with Crippen molar-refractivity contribution in [2.45, 2.75) is 13.8 Å². The molecule has 118 valence electrons. The number of amides is 1. The normalized spacial score (nSPS) is 9.73. The highest BCUT2D eigenvalue weighted by Crippen LogP contribution is 2.24. The lowest BCUT2D eigenvalue weighted by molar-refractivity contribution is -0.141. The summed E-state index contributed by atoms with van der Waals surface area (Å²) in [5.41, 5.74) is 1.13. The zero-order chi connectivity index (χ0) is 16.5. The number of nitrogens with one attached hydrogen (secondary N) is 1. The molecule has 7 heteroatoms. The van der Waals surface area contributed by atoms with Crippen molar-refractivity contribution >= 4 is 11.9 Å². The van der Waals surface area contributed by atoms with E-state index < -0.39 is 11.9 Å². The third kappa shape index (κ3) is 4.46. The van der Waals surface area contributed by atoms with E-state index in [1.165, 1.54) is 13.3 Å². The van der Waals surface area contributed by atoms with E-state index in [0.717, 1.165) is 0 Å². The van der Waals surface area contributed by atoms with Gasteiger partial charge in [-0.3, -0.25) is 9.59 Å². The van der Waals surface area contributed by atoms with Crippen LogP contribution < -0.4 is 10.1 Å². The molecule has 1 rings (SSSR count). The van der Waals surface area contributed by atoms with Gasteiger partial charge in [0.05, 0.1) is 6.61 Å². The Morgan fingerprint density at radius 2 is 2.18 bits per heavy atom. The number of nitrogens with zero attached hydrogens (tertiary/aromatic N) is 1. The van der Waals surface area contributed by atoms with Crippen molar-refractivity contribution in [2.24, 2.45) is 0 Å². The van der Waals surface area contributed by atoms with E-state index >= 15 is 0 Å². The summed E-state index contributed by atoms with van der Waals surface area (Å²) >= 11 is 0. The monoisotopic (exact) mass is 306 g/mol. The van der Waals surface area contributed by atoms with Gasteiger partial charge in [0.15, 0.2) is 18.2 Å². The number of pyridine rings is 1. The third-order valence-corrected chi connectivity index (χ3v) is 2.67. The molecule has 0 atom stereocenters. The molecule has 0 spiro atoms. The molecule has 1 N–H and O–H groups in total. The first kappa shape index (κ1) is 17.5. The summed E-state index contributed by atoms with van der Waals surface area (Å²) in [7, 11) is 1.45. The number of carbonyl (C=O) groups is 2. The number of rotatable bonds is 7. The third-order valence-electron chi connectivity index (χ3n) is 2.67. The average Bonchev–Trinajstić information content (AvgIpc) is 2.51. The van der Waals surface area contributed by atoms with Gasteiger partial charge < -0.3 is 19.5 Å². The van der Waals surface area contributed by atoms with E-state index in [1.807, 2.05) is 0 Å². The van der Waals surface area contributed by atoms with Crippen molar-refractivity contribution in [3.63, 3.8) is 0 Å². The molecular formula is C15H18N2O5. The Morgan fingerprint density at radius 1 is 1.45 bits per heavy atom. The van der Waals surface area contributed by atoms with Crippen molar-refractivity contribution in [3.8, 4) is 18.1 Å². The molecule has 1 aromatic rings. The summed E-state index contributed by atoms with van der Waals surface area (Å²) in [4.78, 5) is 27.4. The van der Waals surface area contributed by atoms with Crippen LogP contribution in [0, 0.1) is 19.3 Å². The summed E-state index contributed by atoms with van der Waals surface area (Å²) in [6.45, 7) is 3.32. The number of hydrogen-bond donors (Lipinski definition) is 1. The van der Waals surface area contributed by atoms with E-state index in [9.17, 15) is 9.59 Å². The van der Waals surface area contributed by atoms with Crippen molar-refractivity contribution < 1.29 is 23.8 Å². The largest absolute Gasteiger partial charge is 0.465 e. The minimum atomic E-state index is -0.564. The van der Waals surface area contributed by atoms with Crippen LogP contribution in [-0.4, -0.2) is 43.9 Å². The highest BCUT2D eigenvalue weighted by molar-refractivity contribution is 5.97. The number of hydrogen-bond acceptors (Lipinski definition) is 6. The van der Waals surface area contributed by atoms with Gasteiger partial charge in [0.2, 0.25) is 0 Å². The minimum absolute atomic E-state index is 0.0258. The zero-order valence-electron chi connectivity index (χ0n) is 12.8. The lowest BCUT2D eigenvalue weighted by atomic mass is 10.1. The maximum absolute atomic E-state index is 12.1. The fraction of sp³-hybridized carbons (Fsp3) is 0.400. The molecular weight excluding hydrogens is 288 g/mol. The number of terminal acetylenes is 1. The molecule has 7 nitrogen and oxygen atoms in total. The number of aromatic nitrogens is 1. The maximum atomic E-state index is 12.1. The molecule has 0 saturated carbocycles. The fourth-order valence-electron chi connectivity index (χ4n) is 1.63. The van der Waals surface area contributed by atoms with E-state index in [0.29, 0.717) is 11.1 Å². The Kier molecular flexibility index (Phi) is 6.86. The topological polar surface area (TPSA) is 86.8 Å². The maximum Gasteiger partial charge on any atom is 0.325 e. The van der Waals surface area contributed by atoms with Crippen LogP contribution >= 0.6 is 0 Å². The standard InChI is InChI=1S/C15H18N2O5/c1-5-11-7-16-13(14(10(11)3)22-9-20-4)15(19)17-8-12(18)21-6-2/h1,7H,6,8-9H2,2-4H3,(H,17,19). The van der Waals surface area contributed by atoms with Gasteiger partial charge in [0, 0.05) is 24.4 Å². The van der Waals surface area contributed by atoms with Crippen molar-refractivity contribution in [1.82, 2.24) is 10.3 Å². The Balaban J connectivity index is 2.97. The molecule has 0 saturated heterocycles. The van der Waals surface area contributed by atoms with E-state index in [2.05, 4.69) is 16.2 Å². The highest BCUT2D eigenvalue weighted by atomic mass is 16.7. The van der Waals surface area contributed by atoms with Crippen LogP contribution in [-0.2, 0) is 14.3 Å². The molecule has 1 amide bonds. The van der Waals surface area contributed by atoms with Crippen molar-refractivity contribution in [3.05, 3.63) is 23.0 Å². The summed E-state index contributed by atoms with van der Waals surface area (Å²) < 4.78 is 14.9. The van der Waals surface area contributed by atoms with Gasteiger partial charge in [-0.1, -0.05) is 5.92 Å². The zero-order valence-corrected chi connectivity index (χ0v) is 12.8. The molecule has 22 heavy (non-hydrogen) atoms. The lowest BCUT2D eigenvalue weighted by Crippen LogP contribution is -2.31. The van der Waals surface area contributed by atoms with Gasteiger partial charge in [-0.25, -0.2) is 4.98 Å². The van der Waals surface area contributed by atoms with Crippen LogP contribution in [0.1, 0.15) is 28.5 Å². The van der Waals surface area contributed by atoms with Crippen LogP contribution in [0.2, 0.25) is 0 Å². The van der Waals surface area contributed by atoms with Gasteiger partial charge >= 0.3 is 5.97 Å². The SMILES string of the molecule is C#Cc1cnc(C(=O)NCC(=O)OCC)c(OCOC)c1C. The molecule has 0 aliphatic heterocycles. The Morgan fingerprint density at radius 3 is 2.77 bits per heavy atom. The summed E-state index contributed by atoms with van der Waals surface area (Å²) in [6, 6.07) is 0. The minimum Gasteiger partial charge on any atom is -0.465 e. The number of carbonyl (C=O) groups excluding carboxylic acids is 2. The fourth-order valence-corrected chi connectivity index (χ4v) is 1.63. The van der Waals surface area contributed by atoms with Crippen LogP contribution in [0.15, 0.2) is 6.20 Å². The summed E-state index contributed by atoms with van der Waals surface area (Å²) in [6.07, 6.45) is 6.76. The number of methoxy groups -OCH3 is 1. The molecule has 1 heterocycles. The number of ether oxygens (including phenoxy) is 3. The molecule has 0 aliphatic rings.